The van der Waals surface area contributed by atoms with Crippen LogP contribution in [0.2, 0.25) is 0 Å². The van der Waals surface area contributed by atoms with Crippen molar-refractivity contribution in [1.29, 1.82) is 0 Å². The molecule has 18 heteroatoms. The van der Waals surface area contributed by atoms with Gasteiger partial charge in [0.15, 0.2) is 0 Å². The van der Waals surface area contributed by atoms with Gasteiger partial charge in [0.1, 0.15) is 34.9 Å². The zero-order valence-corrected chi connectivity index (χ0v) is 42.1. The Morgan fingerprint density at radius 1 is 0.662 bits per heavy atom. The van der Waals surface area contributed by atoms with Gasteiger partial charge in [0, 0.05) is 73.2 Å². The molecule has 71 heavy (non-hydrogen) atoms. The predicted octanol–water partition coefficient (Wildman–Crippen LogP) is 5.88. The third-order valence-corrected chi connectivity index (χ3v) is 13.9. The van der Waals surface area contributed by atoms with Crippen LogP contribution in [0, 0.1) is 5.92 Å². The Labute approximate surface area is 417 Å². The lowest BCUT2D eigenvalue weighted by Gasteiger charge is -2.41. The van der Waals surface area contributed by atoms with E-state index in [1.807, 2.05) is 72.1 Å². The minimum atomic E-state index is -1.55. The zero-order valence-electron chi connectivity index (χ0n) is 41.3. The van der Waals surface area contributed by atoms with E-state index in [0.717, 1.165) is 32.1 Å². The van der Waals surface area contributed by atoms with Crippen molar-refractivity contribution in [3.8, 4) is 0 Å². The topological polar surface area (TPSA) is 234 Å². The van der Waals surface area contributed by atoms with E-state index in [1.165, 1.54) is 16.2 Å². The van der Waals surface area contributed by atoms with Crippen molar-refractivity contribution in [2.45, 2.75) is 121 Å². The molecule has 2 fully saturated rings. The van der Waals surface area contributed by atoms with Gasteiger partial charge in [0.05, 0.1) is 0 Å². The fraction of sp³-hybridized carbons (Fsp3) is 0.453. The van der Waals surface area contributed by atoms with Crippen LogP contribution < -0.4 is 27.0 Å². The first-order valence-electron chi connectivity index (χ1n) is 24.2. The van der Waals surface area contributed by atoms with Crippen LogP contribution in [0.25, 0.3) is 21.0 Å². The summed E-state index contributed by atoms with van der Waals surface area (Å²) in [5.74, 6) is -3.63. The summed E-state index contributed by atoms with van der Waals surface area (Å²) in [5, 5.41) is 15.5. The fourth-order valence-electron chi connectivity index (χ4n) is 9.05. The van der Waals surface area contributed by atoms with Crippen molar-refractivity contribution in [1.82, 2.24) is 36.1 Å². The molecule has 4 heterocycles. The number of nitrogens with zero attached hydrogens (tertiary/aromatic N) is 2. The minimum Gasteiger partial charge on any atom is -0.444 e. The van der Waals surface area contributed by atoms with Gasteiger partial charge in [-0.05, 0) is 107 Å². The van der Waals surface area contributed by atoms with Gasteiger partial charge in [-0.15, -0.1) is 11.3 Å². The molecule has 2 saturated heterocycles. The monoisotopic (exact) mass is 990 g/mol. The Hall–Kier alpha value is -6.95. The molecule has 0 aliphatic carbocycles. The number of carbonyl (C=O) groups is 7. The van der Waals surface area contributed by atoms with E-state index in [1.54, 1.807) is 64.8 Å². The number of hydrogen-bond acceptors (Lipinski definition) is 10. The van der Waals surface area contributed by atoms with Gasteiger partial charge in [-0.3, -0.25) is 24.0 Å². The number of rotatable bonds is 15. The molecule has 7 amide bonds. The molecule has 0 spiro atoms. The Balaban J connectivity index is 1.15. The SMILES string of the molecule is CC(C)(C)OC(=O)N1CCC(C(=O)NC(Cc2csc3ccccc23)C(=O)NC(Cc2c[nH]c3ccccc23)C(=O)NC(Cc2ccccc2)C(=O)NC2(C(N)=O)CCN(C(=O)OC(C)(C)C)CC2)CC1. The summed E-state index contributed by atoms with van der Waals surface area (Å²) in [6.07, 6.45) is 1.62. The van der Waals surface area contributed by atoms with Gasteiger partial charge in [-0.2, -0.15) is 0 Å². The van der Waals surface area contributed by atoms with Gasteiger partial charge in [-0.25, -0.2) is 9.59 Å². The second-order valence-electron chi connectivity index (χ2n) is 20.5. The molecule has 3 unspecified atom stereocenters. The quantitative estimate of drug-likeness (QED) is 0.0734. The minimum absolute atomic E-state index is 0.00183. The van der Waals surface area contributed by atoms with Crippen LogP contribution in [0.4, 0.5) is 9.59 Å². The Morgan fingerprint density at radius 3 is 1.79 bits per heavy atom. The molecule has 0 saturated carbocycles. The van der Waals surface area contributed by atoms with Crippen LogP contribution in [0.3, 0.4) is 0 Å². The van der Waals surface area contributed by atoms with Gasteiger partial charge in [0.25, 0.3) is 0 Å². The molecule has 0 bridgehead atoms. The van der Waals surface area contributed by atoms with E-state index in [4.69, 9.17) is 15.2 Å². The third kappa shape index (κ3) is 13.5. The molecule has 2 aliphatic rings. The Bertz CT molecular complexity index is 2730. The summed E-state index contributed by atoms with van der Waals surface area (Å²) in [4.78, 5) is 104. The highest BCUT2D eigenvalue weighted by atomic mass is 32.1. The Morgan fingerprint density at radius 2 is 1.18 bits per heavy atom. The summed E-state index contributed by atoms with van der Waals surface area (Å²) in [6, 6.07) is 20.7. The van der Waals surface area contributed by atoms with Crippen molar-refractivity contribution < 1.29 is 43.0 Å². The molecule has 2 aromatic heterocycles. The predicted molar refractivity (Wildman–Crippen MR) is 271 cm³/mol. The summed E-state index contributed by atoms with van der Waals surface area (Å²) in [5.41, 5.74) is 6.12. The normalized spacial score (nSPS) is 16.6. The summed E-state index contributed by atoms with van der Waals surface area (Å²) < 4.78 is 12.1. The molecular formula is C53H66N8O9S. The number of primary amides is 1. The third-order valence-electron chi connectivity index (χ3n) is 12.9. The zero-order chi connectivity index (χ0) is 51.1. The van der Waals surface area contributed by atoms with Crippen molar-refractivity contribution in [3.05, 3.63) is 107 Å². The average Bonchev–Trinajstić information content (AvgIpc) is 3.94. The number of aromatic amines is 1. The molecule has 17 nitrogen and oxygen atoms in total. The van der Waals surface area contributed by atoms with Crippen molar-refractivity contribution in [3.63, 3.8) is 0 Å². The number of thiophene rings is 1. The molecular weight excluding hydrogens is 925 g/mol. The standard InChI is InChI=1S/C53H66N8O9S/c1-51(2,3)69-49(67)60-24-20-34(21-25-60)44(62)56-42(30-36-32-71-43-19-13-11-17-38(36)43)46(64)58-41(29-35-31-55-39-18-12-10-16-37(35)39)45(63)57-40(28-33-14-8-7-9-15-33)47(65)59-53(48(54)66)22-26-61(27-23-53)50(68)70-52(4,5)6/h7-19,31-32,34,40-42,55H,20-30H2,1-6H3,(H2,54,66)(H,56,62)(H,57,63)(H,58,64)(H,59,65). The molecule has 5 aromatic rings. The number of H-pyrrole nitrogens is 1. The van der Waals surface area contributed by atoms with Crippen molar-refractivity contribution in [2.75, 3.05) is 26.2 Å². The Kier molecular flexibility index (Phi) is 16.1. The molecule has 3 atom stereocenters. The van der Waals surface area contributed by atoms with Gasteiger partial charge < -0.3 is 51.3 Å². The number of nitrogens with two attached hydrogens (primary N) is 1. The smallest absolute Gasteiger partial charge is 0.410 e. The lowest BCUT2D eigenvalue weighted by Crippen LogP contribution is -2.66. The molecule has 7 N–H and O–H groups in total. The van der Waals surface area contributed by atoms with E-state index >= 15 is 0 Å². The van der Waals surface area contributed by atoms with Gasteiger partial charge >= 0.3 is 12.2 Å². The van der Waals surface area contributed by atoms with Crippen LogP contribution in [0.1, 0.15) is 83.9 Å². The highest BCUT2D eigenvalue weighted by molar-refractivity contribution is 7.17. The lowest BCUT2D eigenvalue weighted by molar-refractivity contribution is -0.137. The fourth-order valence-corrected chi connectivity index (χ4v) is 10.0. The maximum Gasteiger partial charge on any atom is 0.410 e. The average molecular weight is 991 g/mol. The maximum atomic E-state index is 14.9. The second kappa shape index (κ2) is 22.0. The van der Waals surface area contributed by atoms with Crippen LogP contribution in [0.15, 0.2) is 90.4 Å². The number of carbonyl (C=O) groups excluding carboxylic acids is 7. The largest absolute Gasteiger partial charge is 0.444 e. The van der Waals surface area contributed by atoms with Crippen LogP contribution in [0.5, 0.6) is 0 Å². The van der Waals surface area contributed by atoms with Gasteiger partial charge in [0.2, 0.25) is 29.5 Å². The number of nitrogens with one attached hydrogen (secondary N) is 5. The number of para-hydroxylation sites is 1. The number of hydrogen-bond donors (Lipinski definition) is 6. The molecule has 7 rings (SSSR count). The number of likely N-dealkylation sites (tertiary alicyclic amines) is 2. The number of piperidine rings is 2. The van der Waals surface area contributed by atoms with Crippen molar-refractivity contribution >= 4 is 74.0 Å². The summed E-state index contributed by atoms with van der Waals surface area (Å²) in [6.45, 7) is 11.4. The highest BCUT2D eigenvalue weighted by Gasteiger charge is 2.44. The number of aromatic nitrogens is 1. The number of benzene rings is 3. The first-order valence-corrected chi connectivity index (χ1v) is 25.1. The van der Waals surface area contributed by atoms with Crippen LogP contribution >= 0.6 is 11.3 Å². The number of fused-ring (bicyclic) bond motifs is 2. The first kappa shape index (κ1) is 51.9. The van der Waals surface area contributed by atoms with E-state index in [9.17, 15) is 33.6 Å². The van der Waals surface area contributed by atoms with E-state index in [0.29, 0.717) is 31.5 Å². The molecule has 378 valence electrons. The molecule has 3 aromatic carbocycles. The van der Waals surface area contributed by atoms with E-state index in [-0.39, 0.29) is 51.1 Å². The maximum absolute atomic E-state index is 14.9. The van der Waals surface area contributed by atoms with Crippen molar-refractivity contribution in [2.24, 2.45) is 11.7 Å². The first-order chi connectivity index (χ1) is 33.7. The molecule has 2 aliphatic heterocycles. The molecule has 0 radical (unpaired) electrons. The van der Waals surface area contributed by atoms with Crippen LogP contribution in [-0.4, -0.2) is 118 Å². The summed E-state index contributed by atoms with van der Waals surface area (Å²) >= 11 is 1.52. The summed E-state index contributed by atoms with van der Waals surface area (Å²) in [7, 11) is 0. The highest BCUT2D eigenvalue weighted by Crippen LogP contribution is 2.29. The second-order valence-corrected chi connectivity index (χ2v) is 21.5. The van der Waals surface area contributed by atoms with Crippen LogP contribution in [-0.2, 0) is 52.7 Å². The number of amides is 7. The van der Waals surface area contributed by atoms with E-state index < -0.39 is 76.6 Å². The van der Waals surface area contributed by atoms with E-state index in [2.05, 4.69) is 26.3 Å². The number of ether oxygens (including phenoxy) is 2. The van der Waals surface area contributed by atoms with Gasteiger partial charge in [-0.1, -0.05) is 66.7 Å². The lowest BCUT2D eigenvalue weighted by atomic mass is 9.86.